The fraction of sp³-hybridized carbons (Fsp3) is 0.200. The van der Waals surface area contributed by atoms with Crippen LogP contribution >= 0.6 is 23.2 Å². The molecule has 0 aliphatic heterocycles. The second kappa shape index (κ2) is 7.98. The van der Waals surface area contributed by atoms with E-state index in [9.17, 15) is 10.1 Å². The van der Waals surface area contributed by atoms with Gasteiger partial charge in [-0.15, -0.1) is 0 Å². The number of nitrogens with zero attached hydrogens (tertiary/aromatic N) is 1. The zero-order valence-corrected chi connectivity index (χ0v) is 13.2. The summed E-state index contributed by atoms with van der Waals surface area (Å²) in [6.07, 6.45) is 0. The minimum absolute atomic E-state index is 0.0209. The van der Waals surface area contributed by atoms with Crippen molar-refractivity contribution in [1.82, 2.24) is 5.32 Å². The van der Waals surface area contributed by atoms with E-state index in [1.165, 1.54) is 12.1 Å². The molecule has 5 nitrogen and oxygen atoms in total. The highest BCUT2D eigenvalue weighted by Gasteiger charge is 2.08. The Morgan fingerprint density at radius 3 is 2.50 bits per heavy atom. The van der Waals surface area contributed by atoms with Gasteiger partial charge in [0, 0.05) is 36.8 Å². The molecular weight excluding hydrogens is 325 g/mol. The predicted octanol–water partition coefficient (Wildman–Crippen LogP) is 4.10. The topological polar surface area (TPSA) is 67.2 Å². The molecule has 0 atom stereocenters. The lowest BCUT2D eigenvalue weighted by molar-refractivity contribution is -0.384. The van der Waals surface area contributed by atoms with E-state index in [0.717, 1.165) is 10.6 Å². The number of benzene rings is 2. The van der Waals surface area contributed by atoms with Crippen LogP contribution in [-0.4, -0.2) is 18.0 Å². The third-order valence-corrected chi connectivity index (χ3v) is 3.74. The van der Waals surface area contributed by atoms with Gasteiger partial charge in [-0.2, -0.15) is 0 Å². The van der Waals surface area contributed by atoms with Gasteiger partial charge in [-0.25, -0.2) is 0 Å². The van der Waals surface area contributed by atoms with Crippen molar-refractivity contribution < 1.29 is 4.92 Å². The van der Waals surface area contributed by atoms with Crippen molar-refractivity contribution >= 4 is 34.6 Å². The van der Waals surface area contributed by atoms with Crippen LogP contribution in [0.5, 0.6) is 0 Å². The molecule has 0 bridgehead atoms. The molecule has 7 heteroatoms. The van der Waals surface area contributed by atoms with E-state index >= 15 is 0 Å². The van der Waals surface area contributed by atoms with Crippen LogP contribution in [0.15, 0.2) is 42.5 Å². The van der Waals surface area contributed by atoms with Gasteiger partial charge in [0.2, 0.25) is 0 Å². The van der Waals surface area contributed by atoms with Gasteiger partial charge >= 0.3 is 0 Å². The normalized spacial score (nSPS) is 10.5. The van der Waals surface area contributed by atoms with E-state index in [4.69, 9.17) is 23.2 Å². The quantitative estimate of drug-likeness (QED) is 0.452. The fourth-order valence-corrected chi connectivity index (χ4v) is 2.36. The zero-order valence-electron chi connectivity index (χ0n) is 11.7. The van der Waals surface area contributed by atoms with Crippen LogP contribution in [0.1, 0.15) is 5.56 Å². The van der Waals surface area contributed by atoms with Gasteiger partial charge in [0.1, 0.15) is 0 Å². The minimum atomic E-state index is -0.471. The van der Waals surface area contributed by atoms with Gasteiger partial charge in [0.05, 0.1) is 15.6 Å². The summed E-state index contributed by atoms with van der Waals surface area (Å²) in [6, 6.07) is 12.0. The monoisotopic (exact) mass is 339 g/mol. The molecule has 0 saturated carbocycles. The summed E-state index contributed by atoms with van der Waals surface area (Å²) >= 11 is 12.1. The number of nitro benzene ring substituents is 1. The molecule has 0 aliphatic rings. The molecule has 22 heavy (non-hydrogen) atoms. The van der Waals surface area contributed by atoms with E-state index in [1.807, 2.05) is 24.3 Å². The first-order chi connectivity index (χ1) is 10.6. The Hall–Kier alpha value is -1.82. The molecule has 0 unspecified atom stereocenters. The molecule has 0 aliphatic carbocycles. The number of nitro groups is 1. The highest BCUT2D eigenvalue weighted by atomic mass is 35.5. The first-order valence-electron chi connectivity index (χ1n) is 6.70. The van der Waals surface area contributed by atoms with Crippen molar-refractivity contribution in [2.24, 2.45) is 0 Å². The van der Waals surface area contributed by atoms with Crippen LogP contribution in [0.2, 0.25) is 10.0 Å². The Balaban J connectivity index is 1.77. The van der Waals surface area contributed by atoms with Crippen LogP contribution in [0.4, 0.5) is 11.4 Å². The maximum absolute atomic E-state index is 10.6. The molecule has 2 N–H and O–H groups in total. The van der Waals surface area contributed by atoms with Crippen LogP contribution in [-0.2, 0) is 6.54 Å². The summed E-state index contributed by atoms with van der Waals surface area (Å²) < 4.78 is 0. The molecule has 0 saturated heterocycles. The highest BCUT2D eigenvalue weighted by Crippen LogP contribution is 2.26. The lowest BCUT2D eigenvalue weighted by atomic mass is 10.2. The standard InChI is InChI=1S/C15H15Cl2N3O2/c16-13-4-2-1-3-11(13)10-18-7-8-19-15-6-5-12(20(21)22)9-14(15)17/h1-6,9,18-19H,7-8,10H2. The zero-order chi connectivity index (χ0) is 15.9. The Bertz CT molecular complexity index is 665. The lowest BCUT2D eigenvalue weighted by Gasteiger charge is -2.10. The first kappa shape index (κ1) is 16.5. The maximum Gasteiger partial charge on any atom is 0.271 e. The largest absolute Gasteiger partial charge is 0.383 e. The lowest BCUT2D eigenvalue weighted by Crippen LogP contribution is -2.22. The molecule has 0 heterocycles. The van der Waals surface area contributed by atoms with Gasteiger partial charge in [0.25, 0.3) is 5.69 Å². The molecule has 0 fully saturated rings. The molecule has 2 aromatic carbocycles. The Morgan fingerprint density at radius 2 is 1.82 bits per heavy atom. The van der Waals surface area contributed by atoms with Crippen LogP contribution < -0.4 is 10.6 Å². The first-order valence-corrected chi connectivity index (χ1v) is 7.45. The third-order valence-electron chi connectivity index (χ3n) is 3.05. The summed E-state index contributed by atoms with van der Waals surface area (Å²) in [4.78, 5) is 10.2. The van der Waals surface area contributed by atoms with Gasteiger partial charge in [-0.05, 0) is 17.7 Å². The van der Waals surface area contributed by atoms with E-state index < -0.39 is 4.92 Å². The van der Waals surface area contributed by atoms with Crippen molar-refractivity contribution in [2.75, 3.05) is 18.4 Å². The van der Waals surface area contributed by atoms with E-state index in [1.54, 1.807) is 6.07 Å². The van der Waals surface area contributed by atoms with Gasteiger partial charge < -0.3 is 10.6 Å². The Labute approximate surface area is 138 Å². The summed E-state index contributed by atoms with van der Waals surface area (Å²) in [6.45, 7) is 2.02. The van der Waals surface area contributed by atoms with Gasteiger partial charge in [-0.1, -0.05) is 41.4 Å². The number of nitrogens with one attached hydrogen (secondary N) is 2. The summed E-state index contributed by atoms with van der Waals surface area (Å²) in [5, 5.41) is 18.1. The highest BCUT2D eigenvalue weighted by molar-refractivity contribution is 6.33. The summed E-state index contributed by atoms with van der Waals surface area (Å²) in [5.41, 5.74) is 1.69. The number of anilines is 1. The van der Waals surface area contributed by atoms with E-state index in [2.05, 4.69) is 10.6 Å². The molecular formula is C15H15Cl2N3O2. The average Bonchev–Trinajstić information content (AvgIpc) is 2.50. The number of hydrogen-bond acceptors (Lipinski definition) is 4. The summed E-state index contributed by atoms with van der Waals surface area (Å²) in [7, 11) is 0. The molecule has 0 aromatic heterocycles. The number of rotatable bonds is 7. The third kappa shape index (κ3) is 4.59. The van der Waals surface area contributed by atoms with Crippen LogP contribution in [0.3, 0.4) is 0 Å². The van der Waals surface area contributed by atoms with Crippen molar-refractivity contribution in [3.63, 3.8) is 0 Å². The van der Waals surface area contributed by atoms with Crippen LogP contribution in [0, 0.1) is 10.1 Å². The van der Waals surface area contributed by atoms with Crippen LogP contribution in [0.25, 0.3) is 0 Å². The second-order valence-electron chi connectivity index (χ2n) is 4.62. The van der Waals surface area contributed by atoms with Gasteiger partial charge in [0.15, 0.2) is 0 Å². The molecule has 0 spiro atoms. The molecule has 2 aromatic rings. The number of halogens is 2. The average molecular weight is 340 g/mol. The fourth-order valence-electron chi connectivity index (χ4n) is 1.91. The second-order valence-corrected chi connectivity index (χ2v) is 5.43. The minimum Gasteiger partial charge on any atom is -0.383 e. The smallest absolute Gasteiger partial charge is 0.271 e. The number of hydrogen-bond donors (Lipinski definition) is 2. The van der Waals surface area contributed by atoms with Crippen molar-refractivity contribution in [3.8, 4) is 0 Å². The Kier molecular flexibility index (Phi) is 6.00. The predicted molar refractivity (Wildman–Crippen MR) is 89.8 cm³/mol. The molecule has 0 amide bonds. The van der Waals surface area contributed by atoms with E-state index in [0.29, 0.717) is 30.3 Å². The maximum atomic E-state index is 10.6. The van der Waals surface area contributed by atoms with Crippen molar-refractivity contribution in [2.45, 2.75) is 6.54 Å². The number of non-ortho nitro benzene ring substituents is 1. The van der Waals surface area contributed by atoms with Crippen molar-refractivity contribution in [3.05, 3.63) is 68.2 Å². The molecule has 116 valence electrons. The summed E-state index contributed by atoms with van der Waals surface area (Å²) in [5.74, 6) is 0. The Morgan fingerprint density at radius 1 is 1.05 bits per heavy atom. The van der Waals surface area contributed by atoms with Crippen molar-refractivity contribution in [1.29, 1.82) is 0 Å². The molecule has 0 radical (unpaired) electrons. The molecule has 2 rings (SSSR count). The van der Waals surface area contributed by atoms with E-state index in [-0.39, 0.29) is 5.69 Å². The van der Waals surface area contributed by atoms with Gasteiger partial charge in [-0.3, -0.25) is 10.1 Å². The SMILES string of the molecule is O=[N+]([O-])c1ccc(NCCNCc2ccccc2Cl)c(Cl)c1.